The van der Waals surface area contributed by atoms with Crippen LogP contribution in [0.3, 0.4) is 0 Å². The van der Waals surface area contributed by atoms with Crippen LogP contribution < -0.4 is 4.74 Å². The summed E-state index contributed by atoms with van der Waals surface area (Å²) >= 11 is 0. The highest BCUT2D eigenvalue weighted by molar-refractivity contribution is 6.05. The zero-order chi connectivity index (χ0) is 21.4. The molecule has 1 atom stereocenters. The van der Waals surface area contributed by atoms with E-state index in [9.17, 15) is 24.4 Å². The van der Waals surface area contributed by atoms with E-state index in [0.29, 0.717) is 18.6 Å². The number of rotatable bonds is 5. The van der Waals surface area contributed by atoms with E-state index < -0.39 is 33.9 Å². The smallest absolute Gasteiger partial charge is 0.312 e. The quantitative estimate of drug-likeness (QED) is 0.364. The van der Waals surface area contributed by atoms with Gasteiger partial charge in [0.1, 0.15) is 11.6 Å². The van der Waals surface area contributed by atoms with Crippen LogP contribution in [0.2, 0.25) is 0 Å². The number of Topliss-reactive ketones (excluding diaryl/α,β-unsaturated/α-hetero) is 1. The second kappa shape index (κ2) is 7.59. The van der Waals surface area contributed by atoms with Crippen molar-refractivity contribution in [3.05, 3.63) is 87.2 Å². The Morgan fingerprint density at radius 1 is 1.20 bits per heavy atom. The summed E-state index contributed by atoms with van der Waals surface area (Å²) in [6.07, 6.45) is 1.27. The number of ketones is 1. The lowest BCUT2D eigenvalue weighted by molar-refractivity contribution is -0.385. The number of hydrogen-bond acceptors (Lipinski definition) is 5. The van der Waals surface area contributed by atoms with Crippen molar-refractivity contribution in [1.29, 1.82) is 0 Å². The van der Waals surface area contributed by atoms with Crippen molar-refractivity contribution in [3.8, 4) is 22.6 Å². The average Bonchev–Trinajstić information content (AvgIpc) is 3.17. The fourth-order valence-corrected chi connectivity index (χ4v) is 4.02. The summed E-state index contributed by atoms with van der Waals surface area (Å²) in [6, 6.07) is 13.8. The number of benzene rings is 3. The molecule has 3 aromatic rings. The number of carbonyl (C=O) groups excluding carboxylic acids is 1. The number of methoxy groups -OCH3 is 1. The molecule has 0 saturated heterocycles. The van der Waals surface area contributed by atoms with E-state index in [0.717, 1.165) is 17.2 Å². The van der Waals surface area contributed by atoms with Crippen LogP contribution in [0.4, 0.5) is 10.1 Å². The van der Waals surface area contributed by atoms with Crippen LogP contribution in [0.25, 0.3) is 11.1 Å². The first-order valence-corrected chi connectivity index (χ1v) is 9.38. The average molecular weight is 407 g/mol. The SMILES string of the molecule is COc1ccc(F)cc1-c1cc(C(=O)C2CCc3ccccc32)c(O)c([N+](=O)[O-])c1. The van der Waals surface area contributed by atoms with Gasteiger partial charge in [0.15, 0.2) is 5.78 Å². The minimum atomic E-state index is -0.760. The Kier molecular flexibility index (Phi) is 4.95. The maximum atomic E-state index is 13.9. The molecule has 0 heterocycles. The Morgan fingerprint density at radius 3 is 2.70 bits per heavy atom. The lowest BCUT2D eigenvalue weighted by atomic mass is 9.89. The van der Waals surface area contributed by atoms with Crippen molar-refractivity contribution >= 4 is 11.5 Å². The summed E-state index contributed by atoms with van der Waals surface area (Å²) < 4.78 is 19.1. The second-order valence-electron chi connectivity index (χ2n) is 7.15. The maximum Gasteiger partial charge on any atom is 0.312 e. The zero-order valence-corrected chi connectivity index (χ0v) is 16.1. The molecular formula is C23H18FNO5. The molecule has 0 bridgehead atoms. The summed E-state index contributed by atoms with van der Waals surface area (Å²) in [5, 5.41) is 22.1. The Balaban J connectivity index is 1.88. The van der Waals surface area contributed by atoms with Crippen molar-refractivity contribution < 1.29 is 24.0 Å². The van der Waals surface area contributed by atoms with Crippen molar-refractivity contribution in [1.82, 2.24) is 0 Å². The van der Waals surface area contributed by atoms with Crippen molar-refractivity contribution in [3.63, 3.8) is 0 Å². The van der Waals surface area contributed by atoms with Crippen molar-refractivity contribution in [2.24, 2.45) is 0 Å². The van der Waals surface area contributed by atoms with E-state index in [1.165, 1.54) is 31.4 Å². The normalized spacial score (nSPS) is 14.9. The lowest BCUT2D eigenvalue weighted by Crippen LogP contribution is -2.11. The third-order valence-corrected chi connectivity index (χ3v) is 5.47. The van der Waals surface area contributed by atoms with Gasteiger partial charge in [0.25, 0.3) is 0 Å². The predicted octanol–water partition coefficient (Wildman–Crippen LogP) is 5.03. The summed E-state index contributed by atoms with van der Waals surface area (Å²) in [5.41, 5.74) is 1.60. The molecule has 1 aliphatic rings. The van der Waals surface area contributed by atoms with Gasteiger partial charge in [0, 0.05) is 17.5 Å². The molecule has 0 saturated carbocycles. The molecule has 4 rings (SSSR count). The van der Waals surface area contributed by atoms with Crippen LogP contribution in [-0.4, -0.2) is 22.9 Å². The fourth-order valence-electron chi connectivity index (χ4n) is 4.02. The van der Waals surface area contributed by atoms with Crippen LogP contribution in [0.1, 0.15) is 33.8 Å². The first kappa shape index (κ1) is 19.6. The number of nitro benzene ring substituents is 1. The van der Waals surface area contributed by atoms with Gasteiger partial charge in [-0.3, -0.25) is 14.9 Å². The molecule has 7 heteroatoms. The van der Waals surface area contributed by atoms with Crippen LogP contribution in [0.5, 0.6) is 11.5 Å². The Labute approximate surface area is 171 Å². The number of hydrogen-bond donors (Lipinski definition) is 1. The van der Waals surface area contributed by atoms with Crippen LogP contribution in [0.15, 0.2) is 54.6 Å². The number of nitro groups is 1. The van der Waals surface area contributed by atoms with Gasteiger partial charge in [-0.2, -0.15) is 0 Å². The van der Waals surface area contributed by atoms with E-state index in [4.69, 9.17) is 4.74 Å². The molecule has 0 spiro atoms. The summed E-state index contributed by atoms with van der Waals surface area (Å²) in [5.74, 6) is -1.86. The molecule has 0 amide bonds. The molecule has 152 valence electrons. The number of ether oxygens (including phenoxy) is 1. The summed E-state index contributed by atoms with van der Waals surface area (Å²) in [7, 11) is 1.40. The number of phenolic OH excluding ortho intramolecular Hbond substituents is 1. The number of carbonyl (C=O) groups is 1. The topological polar surface area (TPSA) is 89.7 Å². The van der Waals surface area contributed by atoms with E-state index in [-0.39, 0.29) is 16.7 Å². The molecule has 0 aliphatic heterocycles. The van der Waals surface area contributed by atoms with E-state index >= 15 is 0 Å². The lowest BCUT2D eigenvalue weighted by Gasteiger charge is -2.15. The monoisotopic (exact) mass is 407 g/mol. The van der Waals surface area contributed by atoms with Gasteiger partial charge in [-0.25, -0.2) is 4.39 Å². The van der Waals surface area contributed by atoms with E-state index in [2.05, 4.69) is 0 Å². The predicted molar refractivity (Wildman–Crippen MR) is 109 cm³/mol. The second-order valence-corrected chi connectivity index (χ2v) is 7.15. The standard InChI is InChI=1S/C23H18FNO5/c1-30-21-9-7-15(24)12-18(21)14-10-19(23(27)20(11-14)25(28)29)22(26)17-8-6-13-4-2-3-5-16(13)17/h2-5,7,9-12,17,27H,6,8H2,1H3. The van der Waals surface area contributed by atoms with Crippen molar-refractivity contribution in [2.45, 2.75) is 18.8 Å². The number of aromatic hydroxyl groups is 1. The van der Waals surface area contributed by atoms with Gasteiger partial charge >= 0.3 is 5.69 Å². The first-order valence-electron chi connectivity index (χ1n) is 9.38. The fraction of sp³-hybridized carbons (Fsp3) is 0.174. The number of halogens is 1. The van der Waals surface area contributed by atoms with Crippen LogP contribution in [0, 0.1) is 15.9 Å². The Bertz CT molecular complexity index is 1170. The molecule has 1 aliphatic carbocycles. The first-order chi connectivity index (χ1) is 14.4. The summed E-state index contributed by atoms with van der Waals surface area (Å²) in [6.45, 7) is 0. The van der Waals surface area contributed by atoms with Gasteiger partial charge in [-0.1, -0.05) is 24.3 Å². The maximum absolute atomic E-state index is 13.9. The van der Waals surface area contributed by atoms with Gasteiger partial charge in [0.05, 0.1) is 17.6 Å². The number of nitrogens with zero attached hydrogens (tertiary/aromatic N) is 1. The van der Waals surface area contributed by atoms with Gasteiger partial charge in [-0.05, 0) is 53.8 Å². The number of phenols is 1. The number of fused-ring (bicyclic) bond motifs is 1. The van der Waals surface area contributed by atoms with Crippen LogP contribution in [-0.2, 0) is 6.42 Å². The molecule has 3 aromatic carbocycles. The number of aryl methyl sites for hydroxylation is 1. The highest BCUT2D eigenvalue weighted by atomic mass is 19.1. The summed E-state index contributed by atoms with van der Waals surface area (Å²) in [4.78, 5) is 24.1. The molecule has 0 radical (unpaired) electrons. The molecule has 6 nitrogen and oxygen atoms in total. The molecule has 1 unspecified atom stereocenters. The Hall–Kier alpha value is -3.74. The molecule has 0 fully saturated rings. The van der Waals surface area contributed by atoms with Crippen molar-refractivity contribution in [2.75, 3.05) is 7.11 Å². The highest BCUT2D eigenvalue weighted by Gasteiger charge is 2.33. The minimum Gasteiger partial charge on any atom is -0.502 e. The third-order valence-electron chi connectivity index (χ3n) is 5.47. The zero-order valence-electron chi connectivity index (χ0n) is 16.1. The molecule has 0 aromatic heterocycles. The van der Waals surface area contributed by atoms with E-state index in [1.54, 1.807) is 0 Å². The van der Waals surface area contributed by atoms with Crippen LogP contribution >= 0.6 is 0 Å². The van der Waals surface area contributed by atoms with E-state index in [1.807, 2.05) is 24.3 Å². The molecular weight excluding hydrogens is 389 g/mol. The molecule has 1 N–H and O–H groups in total. The minimum absolute atomic E-state index is 0.160. The Morgan fingerprint density at radius 2 is 1.97 bits per heavy atom. The third kappa shape index (κ3) is 3.28. The van der Waals surface area contributed by atoms with Gasteiger partial charge in [0.2, 0.25) is 5.75 Å². The highest BCUT2D eigenvalue weighted by Crippen LogP contribution is 2.42. The van der Waals surface area contributed by atoms with Gasteiger partial charge in [-0.15, -0.1) is 0 Å². The molecule has 30 heavy (non-hydrogen) atoms. The van der Waals surface area contributed by atoms with Gasteiger partial charge < -0.3 is 9.84 Å². The largest absolute Gasteiger partial charge is 0.502 e.